The number of aromatic nitrogens is 3. The molecular formula is C23H22FN5O3S. The minimum Gasteiger partial charge on any atom is -0.348 e. The number of nitrogens with zero attached hydrogens (tertiary/aromatic N) is 3. The van der Waals surface area contributed by atoms with Crippen molar-refractivity contribution in [2.24, 2.45) is 0 Å². The van der Waals surface area contributed by atoms with E-state index >= 15 is 0 Å². The van der Waals surface area contributed by atoms with Crippen LogP contribution < -0.4 is 10.0 Å². The van der Waals surface area contributed by atoms with Gasteiger partial charge in [0.1, 0.15) is 11.3 Å². The van der Waals surface area contributed by atoms with Crippen molar-refractivity contribution >= 4 is 27.0 Å². The number of rotatable bonds is 8. The van der Waals surface area contributed by atoms with Crippen molar-refractivity contribution in [2.75, 3.05) is 0 Å². The highest BCUT2D eigenvalue weighted by Gasteiger charge is 2.15. The molecule has 1 heterocycles. The maximum atomic E-state index is 13.3. The molecule has 0 aliphatic rings. The van der Waals surface area contributed by atoms with E-state index in [0.29, 0.717) is 28.8 Å². The van der Waals surface area contributed by atoms with Crippen LogP contribution in [0.1, 0.15) is 28.4 Å². The lowest BCUT2D eigenvalue weighted by molar-refractivity contribution is 0.0951. The molecule has 0 aliphatic carbocycles. The van der Waals surface area contributed by atoms with Crippen LogP contribution in [0.4, 0.5) is 4.39 Å². The van der Waals surface area contributed by atoms with Gasteiger partial charge in [0.2, 0.25) is 10.0 Å². The van der Waals surface area contributed by atoms with E-state index in [0.717, 1.165) is 5.52 Å². The number of fused-ring (bicyclic) bond motifs is 1. The number of nitrogens with one attached hydrogen (secondary N) is 2. The van der Waals surface area contributed by atoms with Gasteiger partial charge < -0.3 is 5.32 Å². The van der Waals surface area contributed by atoms with Gasteiger partial charge in [-0.15, -0.1) is 5.10 Å². The SMILES string of the molecule is CCn1nnc2cc(C(=O)NCc3cccc(S(=O)(=O)NCc4cccc(F)c4)c3)ccc21. The Labute approximate surface area is 190 Å². The summed E-state index contributed by atoms with van der Waals surface area (Å²) in [6.45, 7) is 2.75. The predicted octanol–water partition coefficient (Wildman–Crippen LogP) is 3.00. The molecule has 2 N–H and O–H groups in total. The monoisotopic (exact) mass is 467 g/mol. The zero-order valence-electron chi connectivity index (χ0n) is 17.8. The van der Waals surface area contributed by atoms with E-state index in [-0.39, 0.29) is 23.9 Å². The van der Waals surface area contributed by atoms with E-state index in [1.807, 2.05) is 6.92 Å². The number of hydrogen-bond donors (Lipinski definition) is 2. The normalized spacial score (nSPS) is 11.6. The molecule has 0 atom stereocenters. The molecule has 4 rings (SSSR count). The lowest BCUT2D eigenvalue weighted by Gasteiger charge is -2.10. The van der Waals surface area contributed by atoms with Gasteiger partial charge in [-0.3, -0.25) is 4.79 Å². The Balaban J connectivity index is 1.41. The molecule has 0 aliphatic heterocycles. The van der Waals surface area contributed by atoms with E-state index in [1.165, 1.54) is 30.3 Å². The minimum atomic E-state index is -3.81. The number of halogens is 1. The summed E-state index contributed by atoms with van der Waals surface area (Å²) in [6, 6.07) is 17.2. The van der Waals surface area contributed by atoms with Crippen molar-refractivity contribution in [3.05, 3.63) is 89.2 Å². The smallest absolute Gasteiger partial charge is 0.251 e. The number of sulfonamides is 1. The number of aryl methyl sites for hydroxylation is 1. The third kappa shape index (κ3) is 5.24. The highest BCUT2D eigenvalue weighted by atomic mass is 32.2. The van der Waals surface area contributed by atoms with Gasteiger partial charge in [-0.1, -0.05) is 29.5 Å². The number of hydrogen-bond acceptors (Lipinski definition) is 5. The van der Waals surface area contributed by atoms with E-state index < -0.39 is 15.8 Å². The van der Waals surface area contributed by atoms with Gasteiger partial charge in [-0.2, -0.15) is 0 Å². The average molecular weight is 468 g/mol. The van der Waals surface area contributed by atoms with Crippen LogP contribution in [0.3, 0.4) is 0 Å². The number of amides is 1. The number of benzene rings is 3. The highest BCUT2D eigenvalue weighted by Crippen LogP contribution is 2.15. The van der Waals surface area contributed by atoms with E-state index in [4.69, 9.17) is 0 Å². The Kier molecular flexibility index (Phi) is 6.47. The second kappa shape index (κ2) is 9.47. The van der Waals surface area contributed by atoms with Crippen molar-refractivity contribution < 1.29 is 17.6 Å². The van der Waals surface area contributed by atoms with Crippen LogP contribution in [0.2, 0.25) is 0 Å². The van der Waals surface area contributed by atoms with Gasteiger partial charge in [-0.05, 0) is 60.5 Å². The molecule has 0 saturated carbocycles. The summed E-state index contributed by atoms with van der Waals surface area (Å²) in [7, 11) is -3.81. The number of carbonyl (C=O) groups is 1. The minimum absolute atomic E-state index is 0.0355. The lowest BCUT2D eigenvalue weighted by atomic mass is 10.1. The molecule has 8 nitrogen and oxygen atoms in total. The van der Waals surface area contributed by atoms with Crippen LogP contribution in [-0.2, 0) is 29.7 Å². The van der Waals surface area contributed by atoms with Gasteiger partial charge in [0, 0.05) is 25.2 Å². The summed E-state index contributed by atoms with van der Waals surface area (Å²) in [5, 5.41) is 10.9. The Morgan fingerprint density at radius 2 is 1.76 bits per heavy atom. The van der Waals surface area contributed by atoms with Crippen LogP contribution in [0.5, 0.6) is 0 Å². The molecule has 4 aromatic rings. The van der Waals surface area contributed by atoms with Crippen LogP contribution in [-0.4, -0.2) is 29.3 Å². The van der Waals surface area contributed by atoms with Crippen LogP contribution >= 0.6 is 0 Å². The number of carbonyl (C=O) groups excluding carboxylic acids is 1. The van der Waals surface area contributed by atoms with Crippen molar-refractivity contribution in [1.82, 2.24) is 25.0 Å². The fourth-order valence-electron chi connectivity index (χ4n) is 3.36. The summed E-state index contributed by atoms with van der Waals surface area (Å²) in [5.74, 6) is -0.737. The van der Waals surface area contributed by atoms with Gasteiger partial charge in [0.05, 0.1) is 10.4 Å². The maximum Gasteiger partial charge on any atom is 0.251 e. The summed E-state index contributed by atoms with van der Waals surface area (Å²) >= 11 is 0. The topological polar surface area (TPSA) is 106 Å². The molecule has 33 heavy (non-hydrogen) atoms. The molecule has 3 aromatic carbocycles. The molecule has 0 radical (unpaired) electrons. The summed E-state index contributed by atoms with van der Waals surface area (Å²) < 4.78 is 42.8. The Bertz CT molecular complexity index is 1420. The van der Waals surface area contributed by atoms with E-state index in [9.17, 15) is 17.6 Å². The molecule has 0 spiro atoms. The zero-order chi connectivity index (χ0) is 23.4. The lowest BCUT2D eigenvalue weighted by Crippen LogP contribution is -2.24. The van der Waals surface area contributed by atoms with E-state index in [2.05, 4.69) is 20.4 Å². The van der Waals surface area contributed by atoms with Crippen molar-refractivity contribution in [1.29, 1.82) is 0 Å². The quantitative estimate of drug-likeness (QED) is 0.414. The fourth-order valence-corrected chi connectivity index (χ4v) is 4.45. The molecule has 0 bridgehead atoms. The van der Waals surface area contributed by atoms with Gasteiger partial charge in [-0.25, -0.2) is 22.2 Å². The first-order chi connectivity index (χ1) is 15.9. The predicted molar refractivity (Wildman–Crippen MR) is 121 cm³/mol. The average Bonchev–Trinajstić information content (AvgIpc) is 3.24. The maximum absolute atomic E-state index is 13.3. The molecule has 170 valence electrons. The molecule has 1 aromatic heterocycles. The molecular weight excluding hydrogens is 445 g/mol. The molecule has 0 saturated heterocycles. The first-order valence-electron chi connectivity index (χ1n) is 10.3. The van der Waals surface area contributed by atoms with Gasteiger partial charge in [0.15, 0.2) is 0 Å². The zero-order valence-corrected chi connectivity index (χ0v) is 18.6. The van der Waals surface area contributed by atoms with Crippen LogP contribution in [0, 0.1) is 5.82 Å². The Morgan fingerprint density at radius 3 is 2.52 bits per heavy atom. The van der Waals surface area contributed by atoms with E-state index in [1.54, 1.807) is 41.1 Å². The largest absolute Gasteiger partial charge is 0.348 e. The molecule has 0 fully saturated rings. The first-order valence-corrected chi connectivity index (χ1v) is 11.8. The fraction of sp³-hybridized carbons (Fsp3) is 0.174. The molecule has 10 heteroatoms. The molecule has 1 amide bonds. The first kappa shape index (κ1) is 22.6. The third-order valence-corrected chi connectivity index (χ3v) is 6.49. The Morgan fingerprint density at radius 1 is 1.00 bits per heavy atom. The summed E-state index contributed by atoms with van der Waals surface area (Å²) in [5.41, 5.74) is 3.04. The second-order valence-corrected chi connectivity index (χ2v) is 9.16. The second-order valence-electron chi connectivity index (χ2n) is 7.39. The van der Waals surface area contributed by atoms with Crippen LogP contribution in [0.15, 0.2) is 71.6 Å². The van der Waals surface area contributed by atoms with Crippen LogP contribution in [0.25, 0.3) is 11.0 Å². The van der Waals surface area contributed by atoms with Gasteiger partial charge >= 0.3 is 0 Å². The third-order valence-electron chi connectivity index (χ3n) is 5.09. The van der Waals surface area contributed by atoms with Crippen molar-refractivity contribution in [3.8, 4) is 0 Å². The van der Waals surface area contributed by atoms with Crippen molar-refractivity contribution in [2.45, 2.75) is 31.5 Å². The van der Waals surface area contributed by atoms with Gasteiger partial charge in [0.25, 0.3) is 5.91 Å². The molecule has 0 unspecified atom stereocenters. The standard InChI is InChI=1S/C23H22FN5O3S/c1-2-29-22-10-9-18(13-21(22)27-28-29)23(30)25-14-17-6-4-8-20(12-17)33(31,32)26-15-16-5-3-7-19(24)11-16/h3-13,26H,2,14-15H2,1H3,(H,25,30). The Hall–Kier alpha value is -3.63. The van der Waals surface area contributed by atoms with Crippen molar-refractivity contribution in [3.63, 3.8) is 0 Å². The highest BCUT2D eigenvalue weighted by molar-refractivity contribution is 7.89. The summed E-state index contributed by atoms with van der Waals surface area (Å²) in [4.78, 5) is 12.6. The summed E-state index contributed by atoms with van der Waals surface area (Å²) in [6.07, 6.45) is 0.